The van der Waals surface area contributed by atoms with Gasteiger partial charge in [0.15, 0.2) is 0 Å². The molecule has 0 saturated carbocycles. The van der Waals surface area contributed by atoms with Crippen LogP contribution in [0, 0.1) is 0 Å². The summed E-state index contributed by atoms with van der Waals surface area (Å²) in [5, 5.41) is 0. The molecule has 144 valence electrons. The zero-order chi connectivity index (χ0) is 18.6. The van der Waals surface area contributed by atoms with E-state index in [1.54, 1.807) is 0 Å². The highest BCUT2D eigenvalue weighted by Crippen LogP contribution is 2.21. The minimum atomic E-state index is 0.0429. The summed E-state index contributed by atoms with van der Waals surface area (Å²) in [4.78, 5) is 25.0. The van der Waals surface area contributed by atoms with E-state index in [1.165, 1.54) is 24.8 Å². The number of ether oxygens (including phenoxy) is 1. The molecule has 0 radical (unpaired) electrons. The van der Waals surface area contributed by atoms with Crippen LogP contribution in [0.3, 0.4) is 0 Å². The summed E-state index contributed by atoms with van der Waals surface area (Å²) in [5.74, 6) is 1.66. The van der Waals surface area contributed by atoms with E-state index in [0.717, 1.165) is 62.1 Å². The molecule has 1 saturated heterocycles. The van der Waals surface area contributed by atoms with Gasteiger partial charge in [0.1, 0.15) is 5.75 Å². The van der Waals surface area contributed by atoms with E-state index in [9.17, 15) is 4.79 Å². The lowest BCUT2D eigenvalue weighted by Crippen LogP contribution is -2.38. The van der Waals surface area contributed by atoms with Crippen molar-refractivity contribution in [2.75, 3.05) is 31.1 Å². The maximum absolute atomic E-state index is 12.5. The van der Waals surface area contributed by atoms with Crippen LogP contribution in [0.4, 0.5) is 5.95 Å². The second-order valence-electron chi connectivity index (χ2n) is 7.40. The summed E-state index contributed by atoms with van der Waals surface area (Å²) in [6.45, 7) is 7.11. The third kappa shape index (κ3) is 4.16. The molecule has 0 unspecified atom stereocenters. The second-order valence-corrected chi connectivity index (χ2v) is 7.40. The minimum Gasteiger partial charge on any atom is -0.494 e. The van der Waals surface area contributed by atoms with Crippen LogP contribution in [-0.4, -0.2) is 41.1 Å². The fourth-order valence-corrected chi connectivity index (χ4v) is 3.99. The standard InChI is InChI=1S/C21H28N4O2/c1-2-27-17-8-6-16(7-9-17)14-24-13-10-18-19(15-24)22-21(23-20(18)26)25-11-4-3-5-12-25/h6-9H,2-5,10-15H2,1H3,(H,22,23,26). The molecule has 0 bridgehead atoms. The van der Waals surface area contributed by atoms with E-state index in [-0.39, 0.29) is 5.56 Å². The van der Waals surface area contributed by atoms with E-state index in [4.69, 9.17) is 9.72 Å². The topological polar surface area (TPSA) is 61.5 Å². The van der Waals surface area contributed by atoms with Crippen LogP contribution in [0.25, 0.3) is 0 Å². The molecular weight excluding hydrogens is 340 g/mol. The molecule has 27 heavy (non-hydrogen) atoms. The monoisotopic (exact) mass is 368 g/mol. The first-order valence-corrected chi connectivity index (χ1v) is 10.0. The van der Waals surface area contributed by atoms with Crippen molar-refractivity contribution in [2.24, 2.45) is 0 Å². The number of anilines is 1. The molecule has 3 heterocycles. The third-order valence-electron chi connectivity index (χ3n) is 5.44. The molecule has 1 aromatic heterocycles. The van der Waals surface area contributed by atoms with Gasteiger partial charge in [-0.2, -0.15) is 0 Å². The predicted octanol–water partition coefficient (Wildman–Crippen LogP) is 2.72. The number of fused-ring (bicyclic) bond motifs is 1. The van der Waals surface area contributed by atoms with Gasteiger partial charge >= 0.3 is 0 Å². The molecule has 1 N–H and O–H groups in total. The molecular formula is C21H28N4O2. The normalized spacial score (nSPS) is 17.6. The summed E-state index contributed by atoms with van der Waals surface area (Å²) in [6.07, 6.45) is 4.37. The summed E-state index contributed by atoms with van der Waals surface area (Å²) in [6, 6.07) is 8.28. The van der Waals surface area contributed by atoms with E-state index in [0.29, 0.717) is 6.61 Å². The van der Waals surface area contributed by atoms with Gasteiger partial charge in [-0.25, -0.2) is 4.98 Å². The van der Waals surface area contributed by atoms with Crippen LogP contribution in [-0.2, 0) is 19.5 Å². The average Bonchev–Trinajstić information content (AvgIpc) is 2.70. The van der Waals surface area contributed by atoms with Crippen LogP contribution in [0.5, 0.6) is 5.75 Å². The molecule has 6 nitrogen and oxygen atoms in total. The zero-order valence-corrected chi connectivity index (χ0v) is 16.0. The Labute approximate surface area is 160 Å². The van der Waals surface area contributed by atoms with Gasteiger partial charge in [-0.1, -0.05) is 12.1 Å². The fraction of sp³-hybridized carbons (Fsp3) is 0.524. The smallest absolute Gasteiger partial charge is 0.255 e. The number of benzene rings is 1. The van der Waals surface area contributed by atoms with Crippen molar-refractivity contribution in [3.63, 3.8) is 0 Å². The molecule has 0 aliphatic carbocycles. The number of nitrogens with one attached hydrogen (secondary N) is 1. The maximum atomic E-state index is 12.5. The van der Waals surface area contributed by atoms with Crippen molar-refractivity contribution in [3.8, 4) is 5.75 Å². The molecule has 0 spiro atoms. The maximum Gasteiger partial charge on any atom is 0.255 e. The lowest BCUT2D eigenvalue weighted by Gasteiger charge is -2.30. The highest BCUT2D eigenvalue weighted by atomic mass is 16.5. The Balaban J connectivity index is 1.48. The fourth-order valence-electron chi connectivity index (χ4n) is 3.99. The van der Waals surface area contributed by atoms with Gasteiger partial charge in [0.2, 0.25) is 5.95 Å². The lowest BCUT2D eigenvalue weighted by atomic mass is 10.1. The highest BCUT2D eigenvalue weighted by Gasteiger charge is 2.23. The first-order chi connectivity index (χ1) is 13.2. The van der Waals surface area contributed by atoms with Crippen LogP contribution in [0.15, 0.2) is 29.1 Å². The molecule has 2 aromatic rings. The summed E-state index contributed by atoms with van der Waals surface area (Å²) in [5.41, 5.74) is 3.10. The van der Waals surface area contributed by atoms with Crippen molar-refractivity contribution >= 4 is 5.95 Å². The summed E-state index contributed by atoms with van der Waals surface area (Å²) in [7, 11) is 0. The van der Waals surface area contributed by atoms with E-state index >= 15 is 0 Å². The predicted molar refractivity (Wildman–Crippen MR) is 106 cm³/mol. The molecule has 6 heteroatoms. The van der Waals surface area contributed by atoms with E-state index < -0.39 is 0 Å². The van der Waals surface area contributed by atoms with Crippen molar-refractivity contribution in [1.29, 1.82) is 0 Å². The molecule has 0 amide bonds. The Kier molecular flexibility index (Phi) is 5.43. The number of aromatic amines is 1. The van der Waals surface area contributed by atoms with Crippen molar-refractivity contribution in [2.45, 2.75) is 45.7 Å². The van der Waals surface area contributed by atoms with Crippen molar-refractivity contribution in [3.05, 3.63) is 51.4 Å². The van der Waals surface area contributed by atoms with Gasteiger partial charge in [-0.15, -0.1) is 0 Å². The Morgan fingerprint density at radius 3 is 2.63 bits per heavy atom. The largest absolute Gasteiger partial charge is 0.494 e. The Morgan fingerprint density at radius 1 is 1.11 bits per heavy atom. The molecule has 1 fully saturated rings. The number of H-pyrrole nitrogens is 1. The van der Waals surface area contributed by atoms with Crippen molar-refractivity contribution < 1.29 is 4.74 Å². The van der Waals surface area contributed by atoms with Gasteiger partial charge in [0.25, 0.3) is 5.56 Å². The first-order valence-electron chi connectivity index (χ1n) is 10.0. The van der Waals surface area contributed by atoms with Crippen LogP contribution in [0.1, 0.15) is 43.0 Å². The zero-order valence-electron chi connectivity index (χ0n) is 16.0. The quantitative estimate of drug-likeness (QED) is 0.879. The Bertz CT molecular complexity index is 825. The average molecular weight is 368 g/mol. The van der Waals surface area contributed by atoms with Gasteiger partial charge in [-0.05, 0) is 50.3 Å². The van der Waals surface area contributed by atoms with Crippen LogP contribution < -0.4 is 15.2 Å². The third-order valence-corrected chi connectivity index (χ3v) is 5.44. The van der Waals surface area contributed by atoms with E-state index in [1.807, 2.05) is 19.1 Å². The Hall–Kier alpha value is -2.34. The van der Waals surface area contributed by atoms with Crippen LogP contribution >= 0.6 is 0 Å². The molecule has 4 rings (SSSR count). The van der Waals surface area contributed by atoms with Gasteiger partial charge in [-0.3, -0.25) is 14.7 Å². The molecule has 2 aliphatic heterocycles. The van der Waals surface area contributed by atoms with Gasteiger partial charge in [0, 0.05) is 38.3 Å². The highest BCUT2D eigenvalue weighted by molar-refractivity contribution is 5.35. The van der Waals surface area contributed by atoms with Crippen molar-refractivity contribution in [1.82, 2.24) is 14.9 Å². The number of aromatic nitrogens is 2. The summed E-state index contributed by atoms with van der Waals surface area (Å²) < 4.78 is 5.51. The number of nitrogens with zero attached hydrogens (tertiary/aromatic N) is 3. The number of hydrogen-bond acceptors (Lipinski definition) is 5. The van der Waals surface area contributed by atoms with Gasteiger partial charge < -0.3 is 9.64 Å². The summed E-state index contributed by atoms with van der Waals surface area (Å²) >= 11 is 0. The SMILES string of the molecule is CCOc1ccc(CN2CCc3c(nc(N4CCCCC4)[nH]c3=O)C2)cc1. The van der Waals surface area contributed by atoms with Gasteiger partial charge in [0.05, 0.1) is 12.3 Å². The Morgan fingerprint density at radius 2 is 1.89 bits per heavy atom. The second kappa shape index (κ2) is 8.13. The minimum absolute atomic E-state index is 0.0429. The molecule has 2 aliphatic rings. The molecule has 1 aromatic carbocycles. The lowest BCUT2D eigenvalue weighted by molar-refractivity contribution is 0.240. The first kappa shape index (κ1) is 18.0. The number of hydrogen-bond donors (Lipinski definition) is 1. The van der Waals surface area contributed by atoms with E-state index in [2.05, 4.69) is 26.9 Å². The molecule has 0 atom stereocenters. The number of rotatable bonds is 5. The van der Waals surface area contributed by atoms with Crippen LogP contribution in [0.2, 0.25) is 0 Å². The number of piperidine rings is 1.